The van der Waals surface area contributed by atoms with E-state index in [1.807, 2.05) is 29.2 Å². The molecule has 2 aliphatic rings. The van der Waals surface area contributed by atoms with E-state index in [2.05, 4.69) is 9.62 Å². The minimum atomic E-state index is -3.63. The molecule has 1 aliphatic heterocycles. The molecule has 7 nitrogen and oxygen atoms in total. The fraction of sp³-hybridized carbons (Fsp3) is 0.458. The van der Waals surface area contributed by atoms with Gasteiger partial charge in [-0.05, 0) is 61.7 Å². The molecule has 32 heavy (non-hydrogen) atoms. The Kier molecular flexibility index (Phi) is 7.01. The fourth-order valence-electron chi connectivity index (χ4n) is 4.48. The highest BCUT2D eigenvalue weighted by Crippen LogP contribution is 2.23. The maximum Gasteiger partial charge on any atom is 0.253 e. The second-order valence-corrected chi connectivity index (χ2v) is 10.2. The molecule has 2 aromatic carbocycles. The third-order valence-electron chi connectivity index (χ3n) is 6.29. The van der Waals surface area contributed by atoms with Gasteiger partial charge in [-0.1, -0.05) is 18.9 Å². The van der Waals surface area contributed by atoms with Gasteiger partial charge in [0.1, 0.15) is 5.75 Å². The van der Waals surface area contributed by atoms with Crippen molar-refractivity contribution in [2.75, 3.05) is 38.2 Å². The number of ether oxygens (including phenoxy) is 1. The average Bonchev–Trinajstić information content (AvgIpc) is 3.19. The Labute approximate surface area is 190 Å². The van der Waals surface area contributed by atoms with E-state index in [0.29, 0.717) is 18.7 Å². The summed E-state index contributed by atoms with van der Waals surface area (Å²) in [5, 5.41) is 0. The Morgan fingerprint density at radius 1 is 0.969 bits per heavy atom. The molecule has 1 saturated carbocycles. The first kappa shape index (κ1) is 22.6. The van der Waals surface area contributed by atoms with Crippen LogP contribution in [0.5, 0.6) is 5.75 Å². The second-order valence-electron chi connectivity index (χ2n) is 8.46. The minimum Gasteiger partial charge on any atom is -0.497 e. The Balaban J connectivity index is 1.43. The number of hydrogen-bond acceptors (Lipinski definition) is 5. The predicted molar refractivity (Wildman–Crippen MR) is 125 cm³/mol. The number of nitrogens with zero attached hydrogens (tertiary/aromatic N) is 2. The number of hydrogen-bond donors (Lipinski definition) is 1. The van der Waals surface area contributed by atoms with Gasteiger partial charge >= 0.3 is 0 Å². The summed E-state index contributed by atoms with van der Waals surface area (Å²) >= 11 is 0. The van der Waals surface area contributed by atoms with Crippen molar-refractivity contribution in [2.24, 2.45) is 0 Å². The average molecular weight is 458 g/mol. The van der Waals surface area contributed by atoms with E-state index in [1.54, 1.807) is 25.3 Å². The molecule has 0 bridgehead atoms. The number of carbonyl (C=O) groups excluding carboxylic acids is 1. The third-order valence-corrected chi connectivity index (χ3v) is 7.81. The fourth-order valence-corrected chi connectivity index (χ4v) is 5.83. The number of anilines is 1. The van der Waals surface area contributed by atoms with Gasteiger partial charge in [0.05, 0.1) is 12.0 Å². The molecule has 8 heteroatoms. The normalized spacial score (nSPS) is 17.9. The molecular weight excluding hydrogens is 426 g/mol. The smallest absolute Gasteiger partial charge is 0.253 e. The number of methoxy groups -OCH3 is 1. The monoisotopic (exact) mass is 457 g/mol. The highest BCUT2D eigenvalue weighted by Gasteiger charge is 2.25. The van der Waals surface area contributed by atoms with E-state index < -0.39 is 10.0 Å². The number of benzene rings is 2. The minimum absolute atomic E-state index is 0.00565. The number of nitrogens with one attached hydrogen (secondary N) is 1. The number of amides is 1. The van der Waals surface area contributed by atoms with Gasteiger partial charge in [0.15, 0.2) is 0 Å². The molecule has 0 atom stereocenters. The lowest BCUT2D eigenvalue weighted by Crippen LogP contribution is -2.35. The summed E-state index contributed by atoms with van der Waals surface area (Å²) < 4.78 is 33.6. The molecule has 1 saturated heterocycles. The molecule has 0 unspecified atom stereocenters. The van der Waals surface area contributed by atoms with Gasteiger partial charge in [-0.2, -0.15) is 0 Å². The van der Waals surface area contributed by atoms with Crippen LogP contribution in [0.1, 0.15) is 42.5 Å². The van der Waals surface area contributed by atoms with Crippen molar-refractivity contribution in [2.45, 2.75) is 43.0 Å². The summed E-state index contributed by atoms with van der Waals surface area (Å²) in [7, 11) is -1.98. The first-order valence-corrected chi connectivity index (χ1v) is 12.8. The first-order chi connectivity index (χ1) is 15.5. The van der Waals surface area contributed by atoms with Gasteiger partial charge in [0, 0.05) is 43.5 Å². The SMILES string of the molecule is COc1ccc(N2CCCN(C(=O)c3cccc(S(=O)(=O)NC4CCCC4)c3)CC2)cc1. The van der Waals surface area contributed by atoms with E-state index in [9.17, 15) is 13.2 Å². The molecular formula is C24H31N3O4S. The number of sulfonamides is 1. The van der Waals surface area contributed by atoms with E-state index in [1.165, 1.54) is 6.07 Å². The maximum absolute atomic E-state index is 13.2. The molecule has 172 valence electrons. The summed E-state index contributed by atoms with van der Waals surface area (Å²) in [5.74, 6) is 0.692. The summed E-state index contributed by atoms with van der Waals surface area (Å²) in [5.41, 5.74) is 1.52. The van der Waals surface area contributed by atoms with Crippen molar-refractivity contribution < 1.29 is 17.9 Å². The zero-order valence-electron chi connectivity index (χ0n) is 18.5. The van der Waals surface area contributed by atoms with Crippen LogP contribution in [0.3, 0.4) is 0 Å². The van der Waals surface area contributed by atoms with E-state index in [0.717, 1.165) is 56.6 Å². The predicted octanol–water partition coefficient (Wildman–Crippen LogP) is 3.27. The Morgan fingerprint density at radius 3 is 2.44 bits per heavy atom. The largest absolute Gasteiger partial charge is 0.497 e. The molecule has 2 fully saturated rings. The summed E-state index contributed by atoms with van der Waals surface area (Å²) in [6, 6.07) is 14.3. The lowest BCUT2D eigenvalue weighted by molar-refractivity contribution is 0.0767. The second kappa shape index (κ2) is 9.92. The Morgan fingerprint density at radius 2 is 1.72 bits per heavy atom. The van der Waals surface area contributed by atoms with Gasteiger partial charge in [-0.25, -0.2) is 13.1 Å². The van der Waals surface area contributed by atoms with E-state index in [-0.39, 0.29) is 16.8 Å². The van der Waals surface area contributed by atoms with Crippen LogP contribution in [-0.2, 0) is 10.0 Å². The molecule has 0 aromatic heterocycles. The topological polar surface area (TPSA) is 79.0 Å². The highest BCUT2D eigenvalue weighted by atomic mass is 32.2. The Hall–Kier alpha value is -2.58. The zero-order valence-corrected chi connectivity index (χ0v) is 19.3. The van der Waals surface area contributed by atoms with Crippen molar-refractivity contribution in [3.8, 4) is 5.75 Å². The van der Waals surface area contributed by atoms with E-state index >= 15 is 0 Å². The highest BCUT2D eigenvalue weighted by molar-refractivity contribution is 7.89. The van der Waals surface area contributed by atoms with Crippen LogP contribution in [0, 0.1) is 0 Å². The van der Waals surface area contributed by atoms with Gasteiger partial charge in [-0.15, -0.1) is 0 Å². The van der Waals surface area contributed by atoms with Crippen molar-refractivity contribution >= 4 is 21.6 Å². The number of carbonyl (C=O) groups is 1. The molecule has 0 radical (unpaired) electrons. The third kappa shape index (κ3) is 5.24. The van der Waals surface area contributed by atoms with Crippen LogP contribution in [-0.4, -0.2) is 58.6 Å². The standard InChI is InChI=1S/C24H31N3O4S/c1-31-22-12-10-21(11-13-22)26-14-5-15-27(17-16-26)24(28)19-6-4-9-23(18-19)32(29,30)25-20-7-2-3-8-20/h4,6,9-13,18,20,25H,2-3,5,7-8,14-17H2,1H3. The van der Waals surface area contributed by atoms with Crippen LogP contribution < -0.4 is 14.4 Å². The van der Waals surface area contributed by atoms with Crippen molar-refractivity contribution in [1.82, 2.24) is 9.62 Å². The summed E-state index contributed by atoms with van der Waals surface area (Å²) in [6.07, 6.45) is 4.69. The van der Waals surface area contributed by atoms with Gasteiger partial charge in [-0.3, -0.25) is 4.79 Å². The molecule has 1 heterocycles. The Bertz CT molecular complexity index is 1030. The summed E-state index contributed by atoms with van der Waals surface area (Å²) in [4.78, 5) is 17.4. The maximum atomic E-state index is 13.2. The van der Waals surface area contributed by atoms with Gasteiger partial charge in [0.2, 0.25) is 10.0 Å². The van der Waals surface area contributed by atoms with Crippen LogP contribution in [0.25, 0.3) is 0 Å². The molecule has 4 rings (SSSR count). The molecule has 1 amide bonds. The molecule has 0 spiro atoms. The lowest BCUT2D eigenvalue weighted by Gasteiger charge is -2.24. The van der Waals surface area contributed by atoms with Crippen molar-refractivity contribution in [1.29, 1.82) is 0 Å². The van der Waals surface area contributed by atoms with Crippen molar-refractivity contribution in [3.05, 3.63) is 54.1 Å². The lowest BCUT2D eigenvalue weighted by atomic mass is 10.2. The number of rotatable bonds is 6. The molecule has 1 aliphatic carbocycles. The van der Waals surface area contributed by atoms with Gasteiger partial charge < -0.3 is 14.5 Å². The van der Waals surface area contributed by atoms with Crippen LogP contribution in [0.15, 0.2) is 53.4 Å². The summed E-state index contributed by atoms with van der Waals surface area (Å²) in [6.45, 7) is 2.81. The molecule has 1 N–H and O–H groups in total. The van der Waals surface area contributed by atoms with Crippen LogP contribution in [0.2, 0.25) is 0 Å². The van der Waals surface area contributed by atoms with E-state index in [4.69, 9.17) is 4.74 Å². The van der Waals surface area contributed by atoms with Crippen LogP contribution in [0.4, 0.5) is 5.69 Å². The first-order valence-electron chi connectivity index (χ1n) is 11.3. The van der Waals surface area contributed by atoms with Gasteiger partial charge in [0.25, 0.3) is 5.91 Å². The van der Waals surface area contributed by atoms with Crippen LogP contribution >= 0.6 is 0 Å². The molecule has 2 aromatic rings. The quantitative estimate of drug-likeness (QED) is 0.720. The zero-order chi connectivity index (χ0) is 22.6. The van der Waals surface area contributed by atoms with Crippen molar-refractivity contribution in [3.63, 3.8) is 0 Å².